The minimum atomic E-state index is -0.940. The molecular formula is C28H19Cl2N5O. The first-order valence-electron chi connectivity index (χ1n) is 11.2. The number of rotatable bonds is 4. The summed E-state index contributed by atoms with van der Waals surface area (Å²) in [5.41, 5.74) is 6.03. The number of pyridine rings is 1. The Kier molecular flexibility index (Phi) is 5.64. The van der Waals surface area contributed by atoms with Crippen LogP contribution in [0.3, 0.4) is 0 Å². The molecule has 8 heteroatoms. The van der Waals surface area contributed by atoms with E-state index in [4.69, 9.17) is 23.2 Å². The summed E-state index contributed by atoms with van der Waals surface area (Å²) in [6.07, 6.45) is 4.16. The molecule has 6 rings (SSSR count). The van der Waals surface area contributed by atoms with Gasteiger partial charge in [0.1, 0.15) is 6.10 Å². The number of halogens is 2. The van der Waals surface area contributed by atoms with Gasteiger partial charge >= 0.3 is 0 Å². The van der Waals surface area contributed by atoms with Crippen LogP contribution in [0.5, 0.6) is 0 Å². The monoisotopic (exact) mass is 511 g/mol. The lowest BCUT2D eigenvalue weighted by Crippen LogP contribution is -2.08. The van der Waals surface area contributed by atoms with Crippen LogP contribution in [0.15, 0.2) is 85.5 Å². The molecule has 6 nitrogen and oxygen atoms in total. The van der Waals surface area contributed by atoms with Crippen molar-refractivity contribution in [2.45, 2.75) is 6.10 Å². The van der Waals surface area contributed by atoms with E-state index in [1.165, 1.54) is 0 Å². The molecule has 3 heterocycles. The first kappa shape index (κ1) is 22.6. The second-order valence-corrected chi connectivity index (χ2v) is 9.29. The van der Waals surface area contributed by atoms with E-state index in [2.05, 4.69) is 26.0 Å². The van der Waals surface area contributed by atoms with Gasteiger partial charge in [-0.2, -0.15) is 0 Å². The lowest BCUT2D eigenvalue weighted by Gasteiger charge is -2.20. The Morgan fingerprint density at radius 1 is 0.889 bits per heavy atom. The predicted octanol–water partition coefficient (Wildman–Crippen LogP) is 6.63. The topological polar surface area (TPSA) is 76.7 Å². The Morgan fingerprint density at radius 2 is 1.75 bits per heavy atom. The largest absolute Gasteiger partial charge is 0.382 e. The number of aliphatic hydroxyl groups excluding tert-OH is 1. The Bertz CT molecular complexity index is 1760. The highest BCUT2D eigenvalue weighted by molar-refractivity contribution is 6.31. The summed E-state index contributed by atoms with van der Waals surface area (Å²) in [4.78, 5) is 17.8. The SMILES string of the molecule is Cn1cncc1C(O)c1ccc2nc(Cl)nc(-c3cccc(Cl)c3)c2c1-c1ccc2ncccc2c1. The van der Waals surface area contributed by atoms with Crippen molar-refractivity contribution < 1.29 is 5.11 Å². The number of hydrogen-bond donors (Lipinski definition) is 1. The normalized spacial score (nSPS) is 12.3. The van der Waals surface area contributed by atoms with Crippen LogP contribution in [0.2, 0.25) is 10.3 Å². The maximum Gasteiger partial charge on any atom is 0.223 e. The van der Waals surface area contributed by atoms with Crippen LogP contribution in [0.4, 0.5) is 0 Å². The number of aromatic nitrogens is 5. The smallest absolute Gasteiger partial charge is 0.223 e. The van der Waals surface area contributed by atoms with Crippen molar-refractivity contribution in [2.75, 3.05) is 0 Å². The Morgan fingerprint density at radius 3 is 2.56 bits per heavy atom. The summed E-state index contributed by atoms with van der Waals surface area (Å²) in [6.45, 7) is 0. The highest BCUT2D eigenvalue weighted by Gasteiger charge is 2.24. The molecule has 0 radical (unpaired) electrons. The molecule has 3 aromatic carbocycles. The fourth-order valence-electron chi connectivity index (χ4n) is 4.62. The first-order valence-corrected chi connectivity index (χ1v) is 12.0. The zero-order valence-corrected chi connectivity index (χ0v) is 20.6. The van der Waals surface area contributed by atoms with E-state index < -0.39 is 6.10 Å². The van der Waals surface area contributed by atoms with Crippen molar-refractivity contribution in [3.05, 3.63) is 107 Å². The molecule has 0 saturated heterocycles. The molecule has 0 fully saturated rings. The molecule has 0 spiro atoms. The zero-order chi connectivity index (χ0) is 24.8. The van der Waals surface area contributed by atoms with Gasteiger partial charge in [-0.3, -0.25) is 4.98 Å². The van der Waals surface area contributed by atoms with Gasteiger partial charge in [0.15, 0.2) is 0 Å². The van der Waals surface area contributed by atoms with Crippen LogP contribution < -0.4 is 0 Å². The number of imidazole rings is 1. The van der Waals surface area contributed by atoms with Crippen LogP contribution >= 0.6 is 23.2 Å². The van der Waals surface area contributed by atoms with Crippen molar-refractivity contribution in [1.82, 2.24) is 24.5 Å². The predicted molar refractivity (Wildman–Crippen MR) is 143 cm³/mol. The van der Waals surface area contributed by atoms with Gasteiger partial charge in [0.25, 0.3) is 0 Å². The molecule has 1 atom stereocenters. The van der Waals surface area contributed by atoms with Crippen LogP contribution in [-0.4, -0.2) is 29.6 Å². The molecule has 0 aliphatic rings. The van der Waals surface area contributed by atoms with Gasteiger partial charge in [0.05, 0.1) is 34.9 Å². The fourth-order valence-corrected chi connectivity index (χ4v) is 4.98. The number of hydrogen-bond acceptors (Lipinski definition) is 5. The minimum absolute atomic E-state index is 0.131. The van der Waals surface area contributed by atoms with E-state index in [0.29, 0.717) is 27.5 Å². The standard InChI is InChI=1S/C28H19Cl2N5O/c1-35-15-31-14-23(35)27(36)20-8-10-22-25(24(20)17-7-9-21-16(12-17)5-3-11-32-21)26(34-28(30)33-22)18-4-2-6-19(29)13-18/h2-15,27,36H,1H3. The second kappa shape index (κ2) is 8.99. The summed E-state index contributed by atoms with van der Waals surface area (Å²) in [7, 11) is 1.86. The fraction of sp³-hybridized carbons (Fsp3) is 0.0714. The number of nitrogens with zero attached hydrogens (tertiary/aromatic N) is 5. The molecule has 6 aromatic rings. The molecule has 1 unspecified atom stereocenters. The van der Waals surface area contributed by atoms with Crippen molar-refractivity contribution >= 4 is 45.0 Å². The summed E-state index contributed by atoms with van der Waals surface area (Å²) in [6, 6.07) is 21.2. The van der Waals surface area contributed by atoms with E-state index in [1.54, 1.807) is 23.3 Å². The lowest BCUT2D eigenvalue weighted by atomic mass is 9.89. The van der Waals surface area contributed by atoms with Crippen molar-refractivity contribution in [3.8, 4) is 22.4 Å². The van der Waals surface area contributed by atoms with E-state index in [-0.39, 0.29) is 5.28 Å². The lowest BCUT2D eigenvalue weighted by molar-refractivity contribution is 0.212. The Balaban J connectivity index is 1.74. The number of benzene rings is 3. The average Bonchev–Trinajstić information content (AvgIpc) is 3.32. The van der Waals surface area contributed by atoms with Gasteiger partial charge in [-0.1, -0.05) is 41.9 Å². The highest BCUT2D eigenvalue weighted by Crippen LogP contribution is 2.42. The third-order valence-corrected chi connectivity index (χ3v) is 6.69. The molecule has 1 N–H and O–H groups in total. The summed E-state index contributed by atoms with van der Waals surface area (Å²) in [5, 5.41) is 14.0. The second-order valence-electron chi connectivity index (χ2n) is 8.52. The third-order valence-electron chi connectivity index (χ3n) is 6.29. The minimum Gasteiger partial charge on any atom is -0.382 e. The maximum atomic E-state index is 11.6. The van der Waals surface area contributed by atoms with Crippen LogP contribution in [0.25, 0.3) is 44.2 Å². The third kappa shape index (κ3) is 3.89. The van der Waals surface area contributed by atoms with E-state index >= 15 is 0 Å². The number of aliphatic hydroxyl groups is 1. The molecule has 0 aliphatic carbocycles. The molecular weight excluding hydrogens is 493 g/mol. The van der Waals surface area contributed by atoms with Gasteiger partial charge in [0.2, 0.25) is 5.28 Å². The van der Waals surface area contributed by atoms with Gasteiger partial charge in [-0.15, -0.1) is 0 Å². The van der Waals surface area contributed by atoms with E-state index in [9.17, 15) is 5.11 Å². The molecule has 36 heavy (non-hydrogen) atoms. The van der Waals surface area contributed by atoms with Gasteiger partial charge in [0, 0.05) is 34.6 Å². The first-order chi connectivity index (χ1) is 17.5. The molecule has 176 valence electrons. The van der Waals surface area contributed by atoms with Crippen molar-refractivity contribution in [1.29, 1.82) is 0 Å². The van der Waals surface area contributed by atoms with Gasteiger partial charge in [-0.25, -0.2) is 15.0 Å². The summed E-state index contributed by atoms with van der Waals surface area (Å²) >= 11 is 12.7. The van der Waals surface area contributed by atoms with Crippen LogP contribution in [-0.2, 0) is 7.05 Å². The van der Waals surface area contributed by atoms with Crippen LogP contribution in [0.1, 0.15) is 17.4 Å². The highest BCUT2D eigenvalue weighted by atomic mass is 35.5. The number of fused-ring (bicyclic) bond motifs is 2. The molecule has 0 amide bonds. The maximum absolute atomic E-state index is 11.6. The quantitative estimate of drug-likeness (QED) is 0.268. The van der Waals surface area contributed by atoms with E-state index in [0.717, 1.165) is 33.0 Å². The summed E-state index contributed by atoms with van der Waals surface area (Å²) < 4.78 is 1.80. The average molecular weight is 512 g/mol. The van der Waals surface area contributed by atoms with Crippen LogP contribution in [0, 0.1) is 0 Å². The molecule has 0 bridgehead atoms. The van der Waals surface area contributed by atoms with Crippen molar-refractivity contribution in [2.24, 2.45) is 7.05 Å². The van der Waals surface area contributed by atoms with Crippen molar-refractivity contribution in [3.63, 3.8) is 0 Å². The Hall–Kier alpha value is -3.84. The number of aryl methyl sites for hydroxylation is 1. The Labute approximate surface area is 216 Å². The van der Waals surface area contributed by atoms with Gasteiger partial charge < -0.3 is 9.67 Å². The zero-order valence-electron chi connectivity index (χ0n) is 19.1. The van der Waals surface area contributed by atoms with E-state index in [1.807, 2.05) is 67.7 Å². The summed E-state index contributed by atoms with van der Waals surface area (Å²) in [5.74, 6) is 0. The van der Waals surface area contributed by atoms with Gasteiger partial charge in [-0.05, 0) is 64.7 Å². The molecule has 0 saturated carbocycles. The molecule has 0 aliphatic heterocycles. The molecule has 3 aromatic heterocycles.